The highest BCUT2D eigenvalue weighted by Gasteiger charge is 2.21. The molecule has 0 aliphatic rings. The molecule has 0 rings (SSSR count). The van der Waals surface area contributed by atoms with Gasteiger partial charge in [0.1, 0.15) is 0 Å². The average molecular weight is 188 g/mol. The molecular weight excluding hydrogens is 172 g/mol. The zero-order valence-electron chi connectivity index (χ0n) is 8.22. The van der Waals surface area contributed by atoms with E-state index in [1.54, 1.807) is 13.8 Å². The molecule has 0 aromatic heterocycles. The lowest BCUT2D eigenvalue weighted by Gasteiger charge is -2.17. The summed E-state index contributed by atoms with van der Waals surface area (Å²) in [6, 6.07) is 0. The van der Waals surface area contributed by atoms with E-state index in [-0.39, 0.29) is 24.8 Å². The molecule has 0 fully saturated rings. The Morgan fingerprint density at radius 2 is 2.00 bits per heavy atom. The van der Waals surface area contributed by atoms with Crippen LogP contribution < -0.4 is 11.1 Å². The van der Waals surface area contributed by atoms with Gasteiger partial charge in [0.25, 0.3) is 0 Å². The molecule has 0 aliphatic heterocycles. The van der Waals surface area contributed by atoms with Crippen LogP contribution in [0.1, 0.15) is 20.3 Å². The number of rotatable bonds is 4. The Labute approximate surface area is 77.6 Å². The minimum absolute atomic E-state index is 0.165. The smallest absolute Gasteiger partial charge is 0.307 e. The van der Waals surface area contributed by atoms with Crippen molar-refractivity contribution in [3.8, 4) is 0 Å². The highest BCUT2D eigenvalue weighted by atomic mass is 16.5. The molecule has 0 radical (unpaired) electrons. The van der Waals surface area contributed by atoms with Gasteiger partial charge in [0, 0.05) is 6.54 Å². The topological polar surface area (TPSA) is 81.4 Å². The van der Waals surface area contributed by atoms with Crippen LogP contribution in [-0.4, -0.2) is 31.1 Å². The van der Waals surface area contributed by atoms with Crippen LogP contribution in [0.2, 0.25) is 0 Å². The minimum atomic E-state index is -0.907. The molecule has 0 atom stereocenters. The van der Waals surface area contributed by atoms with Crippen LogP contribution in [0.4, 0.5) is 0 Å². The Balaban J connectivity index is 3.67. The maximum Gasteiger partial charge on any atom is 0.307 e. The fourth-order valence-corrected chi connectivity index (χ4v) is 0.608. The van der Waals surface area contributed by atoms with Gasteiger partial charge in [-0.1, -0.05) is 0 Å². The summed E-state index contributed by atoms with van der Waals surface area (Å²) in [4.78, 5) is 21.8. The summed E-state index contributed by atoms with van der Waals surface area (Å²) < 4.78 is 4.40. The van der Waals surface area contributed by atoms with Gasteiger partial charge in [-0.15, -0.1) is 0 Å². The van der Waals surface area contributed by atoms with Crippen molar-refractivity contribution in [2.24, 2.45) is 5.73 Å². The fraction of sp³-hybridized carbons (Fsp3) is 0.750. The molecule has 5 heteroatoms. The Hall–Kier alpha value is -1.10. The van der Waals surface area contributed by atoms with E-state index in [4.69, 9.17) is 5.73 Å². The Morgan fingerprint density at radius 3 is 2.38 bits per heavy atom. The normalized spacial score (nSPS) is 10.8. The van der Waals surface area contributed by atoms with E-state index in [9.17, 15) is 9.59 Å². The Kier molecular flexibility index (Phi) is 4.40. The summed E-state index contributed by atoms with van der Waals surface area (Å²) in [5.74, 6) is -0.633. The Morgan fingerprint density at radius 1 is 1.46 bits per heavy atom. The highest BCUT2D eigenvalue weighted by Crippen LogP contribution is 1.95. The second-order valence-electron chi connectivity index (χ2n) is 3.30. The van der Waals surface area contributed by atoms with Crippen molar-refractivity contribution in [3.63, 3.8) is 0 Å². The van der Waals surface area contributed by atoms with E-state index in [1.807, 2.05) is 0 Å². The van der Waals surface area contributed by atoms with Gasteiger partial charge in [-0.05, 0) is 13.8 Å². The standard InChI is InChI=1S/C8H16N2O3/c1-8(2,9)7(12)10-5-4-6(11)13-3/h4-5,9H2,1-3H3,(H,10,12). The molecule has 3 N–H and O–H groups in total. The highest BCUT2D eigenvalue weighted by molar-refractivity contribution is 5.85. The number of ether oxygens (including phenoxy) is 1. The molecule has 0 saturated heterocycles. The molecule has 0 aliphatic carbocycles. The minimum Gasteiger partial charge on any atom is -0.469 e. The molecule has 0 bridgehead atoms. The summed E-state index contributed by atoms with van der Waals surface area (Å²) >= 11 is 0. The zero-order valence-corrected chi connectivity index (χ0v) is 8.22. The number of nitrogens with two attached hydrogens (primary N) is 1. The molecule has 0 heterocycles. The number of hydrogen-bond donors (Lipinski definition) is 2. The lowest BCUT2D eigenvalue weighted by Crippen LogP contribution is -2.49. The van der Waals surface area contributed by atoms with Crippen molar-refractivity contribution < 1.29 is 14.3 Å². The number of carbonyl (C=O) groups is 2. The van der Waals surface area contributed by atoms with Crippen LogP contribution in [0.25, 0.3) is 0 Å². The first-order valence-corrected chi connectivity index (χ1v) is 4.02. The number of carbonyl (C=O) groups excluding carboxylic acids is 2. The van der Waals surface area contributed by atoms with Gasteiger partial charge >= 0.3 is 5.97 Å². The third kappa shape index (κ3) is 5.19. The van der Waals surface area contributed by atoms with Crippen molar-refractivity contribution in [3.05, 3.63) is 0 Å². The van der Waals surface area contributed by atoms with Gasteiger partial charge < -0.3 is 15.8 Å². The van der Waals surface area contributed by atoms with Crippen LogP contribution in [0, 0.1) is 0 Å². The summed E-state index contributed by atoms with van der Waals surface area (Å²) in [6.45, 7) is 3.45. The van der Waals surface area contributed by atoms with E-state index >= 15 is 0 Å². The quantitative estimate of drug-likeness (QED) is 0.577. The molecular formula is C8H16N2O3. The third-order valence-electron chi connectivity index (χ3n) is 1.43. The number of esters is 1. The first-order chi connectivity index (χ1) is 5.88. The van der Waals surface area contributed by atoms with Gasteiger partial charge in [0.15, 0.2) is 0 Å². The van der Waals surface area contributed by atoms with Gasteiger partial charge in [0.2, 0.25) is 5.91 Å². The van der Waals surface area contributed by atoms with E-state index in [2.05, 4.69) is 10.1 Å². The maximum absolute atomic E-state index is 11.1. The van der Waals surface area contributed by atoms with E-state index < -0.39 is 5.54 Å². The zero-order chi connectivity index (χ0) is 10.5. The molecule has 0 saturated carbocycles. The molecule has 1 amide bonds. The second-order valence-corrected chi connectivity index (χ2v) is 3.30. The van der Waals surface area contributed by atoms with Gasteiger partial charge in [-0.3, -0.25) is 9.59 Å². The van der Waals surface area contributed by atoms with Crippen LogP contribution in [0.3, 0.4) is 0 Å². The molecule has 0 spiro atoms. The Bertz CT molecular complexity index is 196. The fourth-order valence-electron chi connectivity index (χ4n) is 0.608. The lowest BCUT2D eigenvalue weighted by molar-refractivity contribution is -0.140. The monoisotopic (exact) mass is 188 g/mol. The van der Waals surface area contributed by atoms with Gasteiger partial charge in [-0.25, -0.2) is 0 Å². The van der Waals surface area contributed by atoms with Gasteiger partial charge in [-0.2, -0.15) is 0 Å². The first kappa shape index (κ1) is 11.9. The third-order valence-corrected chi connectivity index (χ3v) is 1.43. The van der Waals surface area contributed by atoms with E-state index in [0.29, 0.717) is 0 Å². The summed E-state index contributed by atoms with van der Waals surface area (Å²) in [5, 5.41) is 2.52. The van der Waals surface area contributed by atoms with E-state index in [1.165, 1.54) is 7.11 Å². The predicted octanol–water partition coefficient (Wildman–Crippen LogP) is -0.597. The average Bonchev–Trinajstić information content (AvgIpc) is 2.02. The van der Waals surface area contributed by atoms with Crippen molar-refractivity contribution in [1.29, 1.82) is 0 Å². The molecule has 76 valence electrons. The number of nitrogens with one attached hydrogen (secondary N) is 1. The number of methoxy groups -OCH3 is 1. The molecule has 5 nitrogen and oxygen atoms in total. The number of hydrogen-bond acceptors (Lipinski definition) is 4. The lowest BCUT2D eigenvalue weighted by atomic mass is 10.1. The second kappa shape index (κ2) is 4.81. The predicted molar refractivity (Wildman–Crippen MR) is 47.9 cm³/mol. The number of amides is 1. The van der Waals surface area contributed by atoms with Crippen LogP contribution in [0.5, 0.6) is 0 Å². The summed E-state index contributed by atoms with van der Waals surface area (Å²) in [6.07, 6.45) is 0.165. The van der Waals surface area contributed by atoms with Crippen LogP contribution >= 0.6 is 0 Å². The maximum atomic E-state index is 11.1. The summed E-state index contributed by atoms with van der Waals surface area (Å²) in [5.41, 5.74) is 4.59. The van der Waals surface area contributed by atoms with Gasteiger partial charge in [0.05, 0.1) is 19.1 Å². The summed E-state index contributed by atoms with van der Waals surface area (Å²) in [7, 11) is 1.30. The molecule has 0 aromatic rings. The van der Waals surface area contributed by atoms with Crippen molar-refractivity contribution in [2.75, 3.05) is 13.7 Å². The largest absolute Gasteiger partial charge is 0.469 e. The molecule has 0 aromatic carbocycles. The van der Waals surface area contributed by atoms with E-state index in [0.717, 1.165) is 0 Å². The van der Waals surface area contributed by atoms with Crippen molar-refractivity contribution >= 4 is 11.9 Å². The van der Waals surface area contributed by atoms with Crippen molar-refractivity contribution in [1.82, 2.24) is 5.32 Å². The SMILES string of the molecule is COC(=O)CCNC(=O)C(C)(C)N. The molecule has 13 heavy (non-hydrogen) atoms. The van der Waals surface area contributed by atoms with Crippen LogP contribution in [0.15, 0.2) is 0 Å². The van der Waals surface area contributed by atoms with Crippen LogP contribution in [-0.2, 0) is 14.3 Å². The van der Waals surface area contributed by atoms with Crippen molar-refractivity contribution in [2.45, 2.75) is 25.8 Å². The molecule has 0 unspecified atom stereocenters. The first-order valence-electron chi connectivity index (χ1n) is 4.02.